The molecular formula is C42H30N2O12. The van der Waals surface area contributed by atoms with E-state index >= 15 is 0 Å². The summed E-state index contributed by atoms with van der Waals surface area (Å²) in [6.45, 7) is 0. The van der Waals surface area contributed by atoms with Crippen molar-refractivity contribution in [3.8, 4) is 0 Å². The molecular weight excluding hydrogens is 724 g/mol. The summed E-state index contributed by atoms with van der Waals surface area (Å²) in [5.41, 5.74) is 1.08. The molecule has 0 heterocycles. The summed E-state index contributed by atoms with van der Waals surface area (Å²) in [5.74, 6) is -5.24. The minimum absolute atomic E-state index is 0.111. The van der Waals surface area contributed by atoms with E-state index in [1.165, 1.54) is 72.8 Å². The number of rotatable bonds is 12. The van der Waals surface area contributed by atoms with E-state index in [9.17, 15) is 28.8 Å². The standard InChI is InChI=1S/2C21H15NO6/c2*23-19(16-10-4-1-5-11-16)26-22(27-20(24)17-12-6-2-7-13-17)28-21(25)18-14-8-3-9-15-18/h2*1-15H. The molecule has 280 valence electrons. The van der Waals surface area contributed by atoms with E-state index in [0.29, 0.717) is 0 Å². The smallest absolute Gasteiger partial charge is 0.295 e. The van der Waals surface area contributed by atoms with Gasteiger partial charge in [0.1, 0.15) is 0 Å². The molecule has 6 aromatic carbocycles. The van der Waals surface area contributed by atoms with E-state index in [4.69, 9.17) is 29.0 Å². The fourth-order valence-electron chi connectivity index (χ4n) is 4.28. The van der Waals surface area contributed by atoms with Crippen LogP contribution < -0.4 is 0 Å². The van der Waals surface area contributed by atoms with Gasteiger partial charge in [-0.3, -0.25) is 29.0 Å². The van der Waals surface area contributed by atoms with Crippen molar-refractivity contribution in [1.82, 2.24) is 10.8 Å². The molecule has 6 rings (SSSR count). The molecule has 14 nitrogen and oxygen atoms in total. The molecule has 0 spiro atoms. The zero-order valence-electron chi connectivity index (χ0n) is 29.1. The Labute approximate surface area is 319 Å². The Kier molecular flexibility index (Phi) is 14.3. The van der Waals surface area contributed by atoms with Crippen molar-refractivity contribution in [1.29, 1.82) is 0 Å². The number of carbonyl (C=O) groups excluding carboxylic acids is 6. The van der Waals surface area contributed by atoms with Crippen molar-refractivity contribution >= 4 is 35.8 Å². The first-order valence-corrected chi connectivity index (χ1v) is 16.5. The average Bonchev–Trinajstić information content (AvgIpc) is 3.25. The molecule has 0 aliphatic heterocycles. The van der Waals surface area contributed by atoms with Crippen molar-refractivity contribution in [3.63, 3.8) is 0 Å². The highest BCUT2D eigenvalue weighted by molar-refractivity contribution is 5.92. The molecule has 0 aliphatic rings. The van der Waals surface area contributed by atoms with Gasteiger partial charge in [0.05, 0.1) is 33.4 Å². The monoisotopic (exact) mass is 754 g/mol. The van der Waals surface area contributed by atoms with Gasteiger partial charge in [0, 0.05) is 0 Å². The molecule has 0 fully saturated rings. The number of carbonyl (C=O) groups is 6. The number of benzene rings is 6. The van der Waals surface area contributed by atoms with Gasteiger partial charge in [-0.2, -0.15) is 0 Å². The lowest BCUT2D eigenvalue weighted by Crippen LogP contribution is -2.33. The van der Waals surface area contributed by atoms with E-state index in [1.807, 2.05) is 0 Å². The van der Waals surface area contributed by atoms with Gasteiger partial charge >= 0.3 is 35.8 Å². The molecule has 14 heteroatoms. The molecule has 0 atom stereocenters. The first kappa shape index (κ1) is 39.3. The summed E-state index contributed by atoms with van der Waals surface area (Å²) in [4.78, 5) is 103. The van der Waals surface area contributed by atoms with Gasteiger partial charge in [-0.05, 0) is 72.8 Å². The lowest BCUT2D eigenvalue weighted by molar-refractivity contribution is -0.450. The summed E-state index contributed by atoms with van der Waals surface area (Å²) in [6, 6.07) is 47.9. The summed E-state index contributed by atoms with van der Waals surface area (Å²) < 4.78 is 0. The van der Waals surface area contributed by atoms with Crippen LogP contribution in [0.4, 0.5) is 0 Å². The van der Waals surface area contributed by atoms with Gasteiger partial charge < -0.3 is 0 Å². The lowest BCUT2D eigenvalue weighted by atomic mass is 10.2. The fraction of sp³-hybridized carbons (Fsp3) is 0. The molecule has 0 radical (unpaired) electrons. The molecule has 0 aliphatic carbocycles. The van der Waals surface area contributed by atoms with Gasteiger partial charge in [-0.15, -0.1) is 0 Å². The van der Waals surface area contributed by atoms with E-state index in [1.54, 1.807) is 109 Å². The highest BCUT2D eigenvalue weighted by atomic mass is 17.2. The Balaban J connectivity index is 0.000000214. The van der Waals surface area contributed by atoms with Crippen LogP contribution >= 0.6 is 0 Å². The second-order valence-electron chi connectivity index (χ2n) is 10.9. The van der Waals surface area contributed by atoms with Gasteiger partial charge in [0.25, 0.3) is 0 Å². The Morgan fingerprint density at radius 3 is 0.482 bits per heavy atom. The predicted octanol–water partition coefficient (Wildman–Crippen LogP) is 7.21. The molecule has 0 N–H and O–H groups in total. The van der Waals surface area contributed by atoms with Crippen molar-refractivity contribution in [3.05, 3.63) is 215 Å². The number of nitrogens with zero attached hydrogens (tertiary/aromatic N) is 2. The summed E-state index contributed by atoms with van der Waals surface area (Å²) in [6.07, 6.45) is 0. The van der Waals surface area contributed by atoms with Crippen molar-refractivity contribution in [2.75, 3.05) is 0 Å². The highest BCUT2D eigenvalue weighted by Gasteiger charge is 2.26. The summed E-state index contributed by atoms with van der Waals surface area (Å²) in [5, 5.41) is 0.222. The van der Waals surface area contributed by atoms with Crippen LogP contribution in [0.25, 0.3) is 0 Å². The normalized spacial score (nSPS) is 10.2. The van der Waals surface area contributed by atoms with E-state index in [0.717, 1.165) is 0 Å². The van der Waals surface area contributed by atoms with Crippen molar-refractivity contribution < 1.29 is 57.8 Å². The maximum atomic E-state index is 12.2. The molecule has 6 aromatic rings. The lowest BCUT2D eigenvalue weighted by Gasteiger charge is -2.17. The minimum Gasteiger partial charge on any atom is -0.295 e. The maximum absolute atomic E-state index is 12.2. The topological polar surface area (TPSA) is 164 Å². The van der Waals surface area contributed by atoms with Gasteiger partial charge in [0.15, 0.2) is 0 Å². The molecule has 0 aromatic heterocycles. The Morgan fingerprint density at radius 2 is 0.357 bits per heavy atom. The third-order valence-corrected chi connectivity index (χ3v) is 7.00. The second kappa shape index (κ2) is 20.3. The summed E-state index contributed by atoms with van der Waals surface area (Å²) >= 11 is 0. The Bertz CT molecular complexity index is 1790. The van der Waals surface area contributed by atoms with Crippen molar-refractivity contribution in [2.24, 2.45) is 0 Å². The van der Waals surface area contributed by atoms with Crippen molar-refractivity contribution in [2.45, 2.75) is 0 Å². The van der Waals surface area contributed by atoms with Crippen LogP contribution in [-0.4, -0.2) is 46.6 Å². The zero-order valence-corrected chi connectivity index (χ0v) is 29.1. The summed E-state index contributed by atoms with van der Waals surface area (Å²) in [7, 11) is 0. The quantitative estimate of drug-likeness (QED) is 0.115. The van der Waals surface area contributed by atoms with E-state index in [-0.39, 0.29) is 44.2 Å². The molecule has 56 heavy (non-hydrogen) atoms. The predicted molar refractivity (Wildman–Crippen MR) is 195 cm³/mol. The molecule has 0 saturated carbocycles. The Hall–Kier alpha value is -7.94. The molecule has 0 amide bonds. The van der Waals surface area contributed by atoms with Crippen LogP contribution in [0, 0.1) is 0 Å². The SMILES string of the molecule is O=C(ON(OC(=O)c1ccccc1)OC(=O)c1ccccc1)c1ccccc1.O=C(ON(OC(=O)c1ccccc1)OC(=O)c1ccccc1)c1ccccc1. The first-order valence-electron chi connectivity index (χ1n) is 16.5. The molecule has 0 saturated heterocycles. The first-order chi connectivity index (χ1) is 27.3. The third-order valence-electron chi connectivity index (χ3n) is 7.00. The second-order valence-corrected chi connectivity index (χ2v) is 10.9. The van der Waals surface area contributed by atoms with Gasteiger partial charge in [0.2, 0.25) is 10.8 Å². The maximum Gasteiger partial charge on any atom is 0.364 e. The molecule has 0 unspecified atom stereocenters. The average molecular weight is 755 g/mol. The Morgan fingerprint density at radius 1 is 0.232 bits per heavy atom. The van der Waals surface area contributed by atoms with E-state index in [2.05, 4.69) is 0 Å². The van der Waals surface area contributed by atoms with Crippen LogP contribution in [-0.2, 0) is 29.0 Å². The fourth-order valence-corrected chi connectivity index (χ4v) is 4.28. The van der Waals surface area contributed by atoms with Gasteiger partial charge in [-0.1, -0.05) is 109 Å². The van der Waals surface area contributed by atoms with E-state index < -0.39 is 35.8 Å². The van der Waals surface area contributed by atoms with Crippen LogP contribution in [0.5, 0.6) is 0 Å². The van der Waals surface area contributed by atoms with Crippen LogP contribution in [0.3, 0.4) is 0 Å². The van der Waals surface area contributed by atoms with Crippen LogP contribution in [0.1, 0.15) is 62.1 Å². The largest absolute Gasteiger partial charge is 0.364 e. The number of hydrogen-bond donors (Lipinski definition) is 0. The van der Waals surface area contributed by atoms with Gasteiger partial charge in [-0.25, -0.2) is 28.8 Å². The third kappa shape index (κ3) is 12.1. The molecule has 0 bridgehead atoms. The number of hydrogen-bond acceptors (Lipinski definition) is 14. The zero-order chi connectivity index (χ0) is 39.5. The minimum atomic E-state index is -0.873. The highest BCUT2D eigenvalue weighted by Crippen LogP contribution is 2.13. The van der Waals surface area contributed by atoms with Crippen LogP contribution in [0.2, 0.25) is 0 Å². The van der Waals surface area contributed by atoms with Crippen LogP contribution in [0.15, 0.2) is 182 Å².